The van der Waals surface area contributed by atoms with Gasteiger partial charge in [-0.1, -0.05) is 13.3 Å². The van der Waals surface area contributed by atoms with Crippen molar-refractivity contribution in [1.82, 2.24) is 8.87 Å². The number of aliphatic hydroxyl groups is 1. The molecule has 2 heterocycles. The molecule has 0 spiro atoms. The van der Waals surface area contributed by atoms with Gasteiger partial charge in [0.25, 0.3) is 0 Å². The Bertz CT molecular complexity index is 481. The summed E-state index contributed by atoms with van der Waals surface area (Å²) >= 11 is 1.72. The lowest BCUT2D eigenvalue weighted by Gasteiger charge is -2.29. The fraction of sp³-hybridized carbons (Fsp3) is 0.600. The van der Waals surface area contributed by atoms with E-state index in [1.165, 1.54) is 43.4 Å². The molecular formula is C15H22N2OS. The molecule has 4 heteroatoms. The van der Waals surface area contributed by atoms with Gasteiger partial charge in [0.2, 0.25) is 0 Å². The Balaban J connectivity index is 1.80. The molecule has 0 bridgehead atoms. The molecule has 0 radical (unpaired) electrons. The molecule has 3 nitrogen and oxygen atoms in total. The predicted octanol–water partition coefficient (Wildman–Crippen LogP) is 3.55. The van der Waals surface area contributed by atoms with Crippen molar-refractivity contribution in [3.8, 4) is 0 Å². The zero-order valence-electron chi connectivity index (χ0n) is 11.5. The molecular weight excluding hydrogens is 256 g/mol. The number of aliphatic hydroxyl groups excluding tert-OH is 1. The molecule has 1 unspecified atom stereocenters. The van der Waals surface area contributed by atoms with Crippen molar-refractivity contribution >= 4 is 18.1 Å². The van der Waals surface area contributed by atoms with Crippen LogP contribution in [-0.4, -0.2) is 19.7 Å². The van der Waals surface area contributed by atoms with Crippen LogP contribution in [0, 0.1) is 0 Å². The van der Waals surface area contributed by atoms with Crippen molar-refractivity contribution in [3.63, 3.8) is 0 Å². The van der Waals surface area contributed by atoms with Crippen molar-refractivity contribution in [2.45, 2.75) is 51.7 Å². The van der Waals surface area contributed by atoms with Crippen LogP contribution in [0.5, 0.6) is 0 Å². The topological polar surface area (TPSA) is 28.4 Å². The van der Waals surface area contributed by atoms with Crippen molar-refractivity contribution in [1.29, 1.82) is 0 Å². The van der Waals surface area contributed by atoms with E-state index in [0.717, 1.165) is 17.9 Å². The van der Waals surface area contributed by atoms with Crippen LogP contribution in [0.1, 0.15) is 55.8 Å². The zero-order valence-corrected chi connectivity index (χ0v) is 12.3. The fourth-order valence-corrected chi connectivity index (χ4v) is 3.91. The van der Waals surface area contributed by atoms with E-state index >= 15 is 0 Å². The zero-order chi connectivity index (χ0) is 13.2. The van der Waals surface area contributed by atoms with E-state index in [-0.39, 0.29) is 0 Å². The molecule has 0 amide bonds. The molecule has 0 fully saturated rings. The van der Waals surface area contributed by atoms with E-state index in [1.807, 2.05) is 10.5 Å². The monoisotopic (exact) mass is 278 g/mol. The lowest BCUT2D eigenvalue weighted by molar-refractivity contribution is 0.0884. The number of unbranched alkanes of at least 4 members (excludes halogenated alkanes) is 1. The molecule has 0 saturated heterocycles. The smallest absolute Gasteiger partial charge is 0.177 e. The van der Waals surface area contributed by atoms with Crippen LogP contribution in [0.4, 0.5) is 0 Å². The molecule has 2 aliphatic rings. The van der Waals surface area contributed by atoms with E-state index < -0.39 is 6.23 Å². The number of hydrogen-bond donors (Lipinski definition) is 1. The quantitative estimate of drug-likeness (QED) is 0.674. The van der Waals surface area contributed by atoms with Crippen molar-refractivity contribution < 1.29 is 5.11 Å². The van der Waals surface area contributed by atoms with E-state index in [9.17, 15) is 5.11 Å². The second kappa shape index (κ2) is 5.63. The summed E-state index contributed by atoms with van der Waals surface area (Å²) in [5, 5.41) is 10.5. The standard InChI is InChI=1S/C15H22N2OS/c1-2-3-10-19-17-9-8-16-13-7-5-4-6-12(13)11-14(16)15(17)18/h8-9,11,15,18H,2-7,10H2,1H3. The third-order valence-corrected chi connectivity index (χ3v) is 5.07. The lowest BCUT2D eigenvalue weighted by Crippen LogP contribution is -2.23. The third-order valence-electron chi connectivity index (χ3n) is 3.98. The van der Waals surface area contributed by atoms with Crippen LogP contribution in [0.3, 0.4) is 0 Å². The normalized spacial score (nSPS) is 21.4. The summed E-state index contributed by atoms with van der Waals surface area (Å²) in [6, 6.07) is 2.20. The van der Waals surface area contributed by atoms with Crippen LogP contribution in [0.15, 0.2) is 12.3 Å². The van der Waals surface area contributed by atoms with Crippen LogP contribution >= 0.6 is 11.9 Å². The SMILES string of the molecule is CCCCSN1C=Cn2c(cc3c2CCCC3)C1O. The van der Waals surface area contributed by atoms with Gasteiger partial charge in [-0.25, -0.2) is 0 Å². The molecule has 1 aromatic heterocycles. The highest BCUT2D eigenvalue weighted by Crippen LogP contribution is 2.35. The highest BCUT2D eigenvalue weighted by Gasteiger charge is 2.26. The molecule has 1 aliphatic heterocycles. The Morgan fingerprint density at radius 3 is 3.00 bits per heavy atom. The Labute approximate surface area is 119 Å². The number of aromatic nitrogens is 1. The lowest BCUT2D eigenvalue weighted by atomic mass is 9.98. The first kappa shape index (κ1) is 13.1. The Hall–Kier alpha value is -0.870. The van der Waals surface area contributed by atoms with E-state index in [1.54, 1.807) is 11.9 Å². The Morgan fingerprint density at radius 1 is 1.32 bits per heavy atom. The average molecular weight is 278 g/mol. The van der Waals surface area contributed by atoms with Crippen LogP contribution in [-0.2, 0) is 12.8 Å². The van der Waals surface area contributed by atoms with Crippen LogP contribution in [0.2, 0.25) is 0 Å². The van der Waals surface area contributed by atoms with Crippen LogP contribution in [0.25, 0.3) is 6.20 Å². The largest absolute Gasteiger partial charge is 0.367 e. The Kier molecular flexibility index (Phi) is 3.89. The molecule has 1 atom stereocenters. The maximum absolute atomic E-state index is 10.5. The predicted molar refractivity (Wildman–Crippen MR) is 80.6 cm³/mol. The summed E-state index contributed by atoms with van der Waals surface area (Å²) in [5.74, 6) is 1.07. The van der Waals surface area contributed by atoms with Gasteiger partial charge >= 0.3 is 0 Å². The molecule has 3 rings (SSSR count). The van der Waals surface area contributed by atoms with E-state index in [0.29, 0.717) is 0 Å². The summed E-state index contributed by atoms with van der Waals surface area (Å²) in [4.78, 5) is 0. The summed E-state index contributed by atoms with van der Waals surface area (Å²) in [5.41, 5.74) is 3.89. The van der Waals surface area contributed by atoms with Crippen LogP contribution < -0.4 is 0 Å². The number of fused-ring (bicyclic) bond motifs is 3. The summed E-state index contributed by atoms with van der Waals surface area (Å²) in [6.07, 6.45) is 10.9. The first-order valence-electron chi connectivity index (χ1n) is 7.31. The summed E-state index contributed by atoms with van der Waals surface area (Å²) in [6.45, 7) is 2.20. The van der Waals surface area contributed by atoms with Gasteiger partial charge in [-0.15, -0.1) is 0 Å². The molecule has 0 saturated carbocycles. The highest BCUT2D eigenvalue weighted by molar-refractivity contribution is 7.97. The number of rotatable bonds is 4. The number of nitrogens with zero attached hydrogens (tertiary/aromatic N) is 2. The molecule has 0 aromatic carbocycles. The van der Waals surface area contributed by atoms with Gasteiger partial charge in [0.15, 0.2) is 6.23 Å². The first-order valence-corrected chi connectivity index (χ1v) is 8.26. The Morgan fingerprint density at radius 2 is 2.16 bits per heavy atom. The van der Waals surface area contributed by atoms with Gasteiger partial charge < -0.3 is 9.67 Å². The molecule has 19 heavy (non-hydrogen) atoms. The molecule has 104 valence electrons. The van der Waals surface area contributed by atoms with Crippen molar-refractivity contribution in [3.05, 3.63) is 29.2 Å². The van der Waals surface area contributed by atoms with Gasteiger partial charge in [-0.2, -0.15) is 0 Å². The van der Waals surface area contributed by atoms with Gasteiger partial charge in [0, 0.05) is 23.8 Å². The maximum Gasteiger partial charge on any atom is 0.177 e. The summed E-state index contributed by atoms with van der Waals surface area (Å²) in [7, 11) is 0. The minimum Gasteiger partial charge on any atom is -0.367 e. The second-order valence-electron chi connectivity index (χ2n) is 5.34. The van der Waals surface area contributed by atoms with Crippen molar-refractivity contribution in [2.75, 3.05) is 5.75 Å². The molecule has 1 N–H and O–H groups in total. The highest BCUT2D eigenvalue weighted by atomic mass is 32.2. The molecule has 1 aliphatic carbocycles. The minimum absolute atomic E-state index is 0.502. The third kappa shape index (κ3) is 2.43. The maximum atomic E-state index is 10.5. The van der Waals surface area contributed by atoms with Gasteiger partial charge in [0.05, 0.1) is 5.69 Å². The minimum atomic E-state index is -0.502. The van der Waals surface area contributed by atoms with Gasteiger partial charge in [-0.3, -0.25) is 4.31 Å². The van der Waals surface area contributed by atoms with E-state index in [2.05, 4.69) is 23.8 Å². The summed E-state index contributed by atoms with van der Waals surface area (Å²) < 4.78 is 4.19. The fourth-order valence-electron chi connectivity index (χ4n) is 2.89. The van der Waals surface area contributed by atoms with Crippen molar-refractivity contribution in [2.24, 2.45) is 0 Å². The second-order valence-corrected chi connectivity index (χ2v) is 6.42. The first-order chi connectivity index (χ1) is 9.31. The van der Waals surface area contributed by atoms with Gasteiger partial charge in [-0.05, 0) is 55.7 Å². The number of aryl methyl sites for hydroxylation is 1. The van der Waals surface area contributed by atoms with E-state index in [4.69, 9.17) is 0 Å². The molecule has 1 aromatic rings. The average Bonchev–Trinajstić information content (AvgIpc) is 2.81. The van der Waals surface area contributed by atoms with Gasteiger partial charge in [0.1, 0.15) is 0 Å². The number of hydrogen-bond acceptors (Lipinski definition) is 3.